The molecular formula is C9H13BrO. The van der Waals surface area contributed by atoms with Crippen LogP contribution in [0.5, 0.6) is 0 Å². The Morgan fingerprint density at radius 1 is 1.55 bits per heavy atom. The Morgan fingerprint density at radius 2 is 2.27 bits per heavy atom. The van der Waals surface area contributed by atoms with Gasteiger partial charge in [0.05, 0.1) is 12.5 Å². The molecule has 2 heteroatoms. The van der Waals surface area contributed by atoms with Crippen molar-refractivity contribution in [2.24, 2.45) is 0 Å². The fourth-order valence-electron chi connectivity index (χ4n) is 1.18. The summed E-state index contributed by atoms with van der Waals surface area (Å²) in [6.45, 7) is 4.37. The van der Waals surface area contributed by atoms with Crippen molar-refractivity contribution in [3.63, 3.8) is 0 Å². The molecule has 0 aliphatic carbocycles. The molecule has 2 atom stereocenters. The molecule has 0 fully saturated rings. The highest BCUT2D eigenvalue weighted by atomic mass is 79.9. The molecule has 1 aromatic heterocycles. The van der Waals surface area contributed by atoms with Gasteiger partial charge in [-0.3, -0.25) is 0 Å². The van der Waals surface area contributed by atoms with E-state index in [9.17, 15) is 0 Å². The summed E-state index contributed by atoms with van der Waals surface area (Å²) in [6.07, 6.45) is 4.70. The Hall–Kier alpha value is -0.240. The summed E-state index contributed by atoms with van der Waals surface area (Å²) < 4.78 is 5.00. The van der Waals surface area contributed by atoms with Gasteiger partial charge in [0.25, 0.3) is 0 Å². The van der Waals surface area contributed by atoms with E-state index in [0.29, 0.717) is 10.7 Å². The van der Waals surface area contributed by atoms with Gasteiger partial charge in [0.15, 0.2) is 0 Å². The van der Waals surface area contributed by atoms with Gasteiger partial charge >= 0.3 is 0 Å². The maximum Gasteiger partial charge on any atom is 0.0937 e. The zero-order chi connectivity index (χ0) is 8.27. The number of halogens is 1. The smallest absolute Gasteiger partial charge is 0.0937 e. The Kier molecular flexibility index (Phi) is 3.18. The van der Waals surface area contributed by atoms with Gasteiger partial charge in [-0.1, -0.05) is 29.8 Å². The first kappa shape index (κ1) is 8.85. The van der Waals surface area contributed by atoms with Crippen molar-refractivity contribution in [2.45, 2.75) is 31.0 Å². The van der Waals surface area contributed by atoms with Crippen LogP contribution < -0.4 is 0 Å². The van der Waals surface area contributed by atoms with E-state index >= 15 is 0 Å². The molecule has 0 radical (unpaired) electrons. The molecule has 2 unspecified atom stereocenters. The van der Waals surface area contributed by atoms with Crippen molar-refractivity contribution in [3.05, 3.63) is 24.2 Å². The third kappa shape index (κ3) is 2.70. The zero-order valence-electron chi connectivity index (χ0n) is 6.88. The van der Waals surface area contributed by atoms with E-state index in [1.807, 2.05) is 12.3 Å². The number of furan rings is 1. The van der Waals surface area contributed by atoms with Crippen molar-refractivity contribution in [1.82, 2.24) is 0 Å². The van der Waals surface area contributed by atoms with E-state index in [0.717, 1.165) is 6.42 Å². The predicted molar refractivity (Wildman–Crippen MR) is 50.1 cm³/mol. The van der Waals surface area contributed by atoms with Gasteiger partial charge in [0, 0.05) is 4.83 Å². The van der Waals surface area contributed by atoms with Crippen molar-refractivity contribution >= 4 is 15.9 Å². The average Bonchev–Trinajstić information content (AvgIpc) is 2.35. The molecule has 0 saturated heterocycles. The van der Waals surface area contributed by atoms with Crippen LogP contribution in [-0.4, -0.2) is 4.83 Å². The molecule has 0 N–H and O–H groups in total. The van der Waals surface area contributed by atoms with Gasteiger partial charge in [0.1, 0.15) is 0 Å². The van der Waals surface area contributed by atoms with Crippen molar-refractivity contribution in [3.8, 4) is 0 Å². The molecule has 0 aromatic carbocycles. The van der Waals surface area contributed by atoms with E-state index in [1.54, 1.807) is 6.26 Å². The zero-order valence-corrected chi connectivity index (χ0v) is 8.47. The number of alkyl halides is 1. The van der Waals surface area contributed by atoms with Crippen LogP contribution in [0.4, 0.5) is 0 Å². The summed E-state index contributed by atoms with van der Waals surface area (Å²) in [4.78, 5) is 0.576. The second-order valence-electron chi connectivity index (χ2n) is 2.97. The average molecular weight is 217 g/mol. The Bertz CT molecular complexity index is 191. The lowest BCUT2D eigenvalue weighted by Crippen LogP contribution is -1.98. The second-order valence-corrected chi connectivity index (χ2v) is 4.54. The first-order valence-electron chi connectivity index (χ1n) is 3.86. The maximum absolute atomic E-state index is 5.00. The molecule has 62 valence electrons. The maximum atomic E-state index is 5.00. The number of hydrogen-bond acceptors (Lipinski definition) is 1. The predicted octanol–water partition coefficient (Wildman–Crippen LogP) is 3.56. The molecule has 1 aromatic rings. The summed E-state index contributed by atoms with van der Waals surface area (Å²) in [6, 6.07) is 2.03. The Morgan fingerprint density at radius 3 is 2.73 bits per heavy atom. The van der Waals surface area contributed by atoms with E-state index in [-0.39, 0.29) is 0 Å². The molecule has 0 aliphatic rings. The van der Waals surface area contributed by atoms with Crippen LogP contribution in [0.1, 0.15) is 31.7 Å². The molecule has 0 aliphatic heterocycles. The van der Waals surface area contributed by atoms with Crippen LogP contribution in [0.3, 0.4) is 0 Å². The number of hydrogen-bond donors (Lipinski definition) is 0. The number of rotatable bonds is 3. The SMILES string of the molecule is CC(Br)CC(C)c1ccoc1. The van der Waals surface area contributed by atoms with E-state index < -0.39 is 0 Å². The monoisotopic (exact) mass is 216 g/mol. The van der Waals surface area contributed by atoms with Crippen LogP contribution in [0.2, 0.25) is 0 Å². The van der Waals surface area contributed by atoms with E-state index in [4.69, 9.17) is 4.42 Å². The molecular weight excluding hydrogens is 204 g/mol. The molecule has 0 spiro atoms. The highest BCUT2D eigenvalue weighted by Crippen LogP contribution is 2.23. The normalized spacial score (nSPS) is 16.3. The van der Waals surface area contributed by atoms with Gasteiger partial charge in [-0.2, -0.15) is 0 Å². The van der Waals surface area contributed by atoms with Crippen molar-refractivity contribution in [2.75, 3.05) is 0 Å². The summed E-state index contributed by atoms with van der Waals surface area (Å²) in [5.41, 5.74) is 1.29. The minimum Gasteiger partial charge on any atom is -0.472 e. The lowest BCUT2D eigenvalue weighted by molar-refractivity contribution is 0.557. The van der Waals surface area contributed by atoms with Crippen LogP contribution in [0.25, 0.3) is 0 Å². The fraction of sp³-hybridized carbons (Fsp3) is 0.556. The molecule has 0 saturated carbocycles. The van der Waals surface area contributed by atoms with Crippen LogP contribution >= 0.6 is 15.9 Å². The molecule has 0 bridgehead atoms. The third-order valence-electron chi connectivity index (χ3n) is 1.79. The molecule has 0 amide bonds. The second kappa shape index (κ2) is 3.96. The molecule has 11 heavy (non-hydrogen) atoms. The Labute approximate surface area is 75.9 Å². The lowest BCUT2D eigenvalue weighted by Gasteiger charge is -2.09. The highest BCUT2D eigenvalue weighted by molar-refractivity contribution is 9.09. The fourth-order valence-corrected chi connectivity index (χ4v) is 1.74. The standard InChI is InChI=1S/C9H13BrO/c1-7(5-8(2)10)9-3-4-11-6-9/h3-4,6-8H,5H2,1-2H3. The van der Waals surface area contributed by atoms with Crippen molar-refractivity contribution in [1.29, 1.82) is 0 Å². The first-order valence-corrected chi connectivity index (χ1v) is 4.78. The third-order valence-corrected chi connectivity index (χ3v) is 2.16. The molecule has 1 heterocycles. The minimum atomic E-state index is 0.576. The van der Waals surface area contributed by atoms with E-state index in [2.05, 4.69) is 29.8 Å². The van der Waals surface area contributed by atoms with Gasteiger partial charge in [-0.25, -0.2) is 0 Å². The summed E-state index contributed by atoms with van der Waals surface area (Å²) in [5.74, 6) is 0.586. The summed E-state index contributed by atoms with van der Waals surface area (Å²) >= 11 is 3.53. The van der Waals surface area contributed by atoms with Crippen molar-refractivity contribution < 1.29 is 4.42 Å². The molecule has 1 nitrogen and oxygen atoms in total. The highest BCUT2D eigenvalue weighted by Gasteiger charge is 2.08. The topological polar surface area (TPSA) is 13.1 Å². The van der Waals surface area contributed by atoms with Crippen LogP contribution in [0.15, 0.2) is 23.0 Å². The Balaban J connectivity index is 2.49. The summed E-state index contributed by atoms with van der Waals surface area (Å²) in [5, 5.41) is 0. The first-order chi connectivity index (χ1) is 5.20. The van der Waals surface area contributed by atoms with E-state index in [1.165, 1.54) is 5.56 Å². The van der Waals surface area contributed by atoms with Gasteiger partial charge < -0.3 is 4.42 Å². The lowest BCUT2D eigenvalue weighted by atomic mass is 10.00. The van der Waals surface area contributed by atoms with Crippen LogP contribution in [0, 0.1) is 0 Å². The summed E-state index contributed by atoms with van der Waals surface area (Å²) in [7, 11) is 0. The van der Waals surface area contributed by atoms with Gasteiger partial charge in [-0.15, -0.1) is 0 Å². The molecule has 1 rings (SSSR count). The van der Waals surface area contributed by atoms with Crippen LogP contribution in [-0.2, 0) is 0 Å². The minimum absolute atomic E-state index is 0.576. The van der Waals surface area contributed by atoms with Gasteiger partial charge in [-0.05, 0) is 24.0 Å². The quantitative estimate of drug-likeness (QED) is 0.705. The van der Waals surface area contributed by atoms with Gasteiger partial charge in [0.2, 0.25) is 0 Å². The largest absolute Gasteiger partial charge is 0.472 e.